The number of anilines is 2. The summed E-state index contributed by atoms with van der Waals surface area (Å²) in [4.78, 5) is 0. The lowest BCUT2D eigenvalue weighted by Crippen LogP contribution is -2.30. The molecule has 0 aromatic heterocycles. The van der Waals surface area contributed by atoms with E-state index in [1.165, 1.54) is 33.4 Å². The van der Waals surface area contributed by atoms with Gasteiger partial charge in [0.2, 0.25) is 0 Å². The van der Waals surface area contributed by atoms with Crippen LogP contribution in [0.4, 0.5) is 11.4 Å². The molecule has 2 nitrogen and oxygen atoms in total. The van der Waals surface area contributed by atoms with E-state index in [1.54, 1.807) is 0 Å². The highest BCUT2D eigenvalue weighted by Gasteiger charge is 2.41. The third kappa shape index (κ3) is 2.11. The van der Waals surface area contributed by atoms with Crippen molar-refractivity contribution in [2.45, 2.75) is 38.1 Å². The zero-order chi connectivity index (χ0) is 18.1. The normalized spacial score (nSPS) is 19.5. The molecule has 0 unspecified atom stereocenters. The van der Waals surface area contributed by atoms with Gasteiger partial charge in [-0.2, -0.15) is 0 Å². The van der Waals surface area contributed by atoms with E-state index in [4.69, 9.17) is 5.73 Å². The Bertz CT molecular complexity index is 979. The highest BCUT2D eigenvalue weighted by Crippen LogP contribution is 2.56. The molecule has 0 radical (unpaired) electrons. The number of hydrogen-bond acceptors (Lipinski definition) is 2. The standard InChI is InChI=1S/C24H24N2/c1-24(2,3)26-21-13-19-18(12-20(21)25)22-14-8-4-6-10-16(14)23(19)17-11-7-5-9-15(17)22/h4-13,22-23,26H,25H2,1-3H3. The average molecular weight is 340 g/mol. The maximum atomic E-state index is 6.46. The van der Waals surface area contributed by atoms with Crippen molar-refractivity contribution >= 4 is 11.4 Å². The van der Waals surface area contributed by atoms with Crippen LogP contribution >= 0.6 is 0 Å². The van der Waals surface area contributed by atoms with Gasteiger partial charge < -0.3 is 11.1 Å². The van der Waals surface area contributed by atoms with Crippen molar-refractivity contribution in [3.05, 3.63) is 94.0 Å². The summed E-state index contributed by atoms with van der Waals surface area (Å²) < 4.78 is 0. The van der Waals surface area contributed by atoms with E-state index in [2.05, 4.69) is 86.8 Å². The van der Waals surface area contributed by atoms with E-state index in [0.29, 0.717) is 5.92 Å². The molecule has 2 bridgehead atoms. The zero-order valence-corrected chi connectivity index (χ0v) is 15.5. The van der Waals surface area contributed by atoms with Crippen LogP contribution in [0.2, 0.25) is 0 Å². The van der Waals surface area contributed by atoms with Gasteiger partial charge in [0.1, 0.15) is 0 Å². The van der Waals surface area contributed by atoms with Crippen molar-refractivity contribution in [1.29, 1.82) is 0 Å². The highest BCUT2D eigenvalue weighted by atomic mass is 15.0. The molecule has 0 spiro atoms. The molecule has 0 saturated carbocycles. The minimum absolute atomic E-state index is 0.0220. The maximum absolute atomic E-state index is 6.46. The second kappa shape index (κ2) is 5.14. The van der Waals surface area contributed by atoms with Crippen molar-refractivity contribution in [2.75, 3.05) is 11.1 Å². The van der Waals surface area contributed by atoms with Crippen molar-refractivity contribution in [3.8, 4) is 0 Å². The first kappa shape index (κ1) is 15.5. The van der Waals surface area contributed by atoms with Gasteiger partial charge in [0.25, 0.3) is 0 Å². The molecular formula is C24H24N2. The Morgan fingerprint density at radius 1 is 0.692 bits per heavy atom. The van der Waals surface area contributed by atoms with Gasteiger partial charge in [-0.1, -0.05) is 48.5 Å². The quantitative estimate of drug-likeness (QED) is 0.397. The lowest BCUT2D eigenvalue weighted by molar-refractivity contribution is 0.634. The molecule has 0 atom stereocenters. The molecular weight excluding hydrogens is 316 g/mol. The number of benzene rings is 3. The van der Waals surface area contributed by atoms with Crippen LogP contribution in [0, 0.1) is 0 Å². The molecule has 0 heterocycles. The summed E-state index contributed by atoms with van der Waals surface area (Å²) in [7, 11) is 0. The SMILES string of the molecule is CC(C)(C)Nc1cc2c(cc1N)C1c3ccccc3C2c2ccccc21. The molecule has 2 heteroatoms. The van der Waals surface area contributed by atoms with Gasteiger partial charge in [-0.3, -0.25) is 0 Å². The first-order valence-corrected chi connectivity index (χ1v) is 9.33. The molecule has 0 fully saturated rings. The first-order valence-electron chi connectivity index (χ1n) is 9.33. The first-order chi connectivity index (χ1) is 12.4. The monoisotopic (exact) mass is 340 g/mol. The number of rotatable bonds is 1. The summed E-state index contributed by atoms with van der Waals surface area (Å²) in [5.74, 6) is 0.580. The van der Waals surface area contributed by atoms with Crippen LogP contribution in [-0.2, 0) is 0 Å². The minimum atomic E-state index is -0.0220. The molecule has 3 aromatic carbocycles. The average Bonchev–Trinajstić information content (AvgIpc) is 2.61. The molecule has 3 aliphatic carbocycles. The predicted molar refractivity (Wildman–Crippen MR) is 109 cm³/mol. The summed E-state index contributed by atoms with van der Waals surface area (Å²) in [6.45, 7) is 6.51. The van der Waals surface area contributed by atoms with E-state index >= 15 is 0 Å². The third-order valence-electron chi connectivity index (χ3n) is 5.62. The van der Waals surface area contributed by atoms with Crippen LogP contribution in [-0.4, -0.2) is 5.54 Å². The van der Waals surface area contributed by atoms with Crippen LogP contribution in [0.3, 0.4) is 0 Å². The fourth-order valence-electron chi connectivity index (χ4n) is 4.74. The van der Waals surface area contributed by atoms with Gasteiger partial charge in [-0.15, -0.1) is 0 Å². The smallest absolute Gasteiger partial charge is 0.0581 e. The van der Waals surface area contributed by atoms with Gasteiger partial charge >= 0.3 is 0 Å². The van der Waals surface area contributed by atoms with E-state index in [0.717, 1.165) is 11.4 Å². The van der Waals surface area contributed by atoms with Crippen LogP contribution < -0.4 is 11.1 Å². The topological polar surface area (TPSA) is 38.0 Å². The number of nitrogen functional groups attached to an aromatic ring is 1. The second-order valence-electron chi connectivity index (χ2n) is 8.57. The van der Waals surface area contributed by atoms with Crippen molar-refractivity contribution < 1.29 is 0 Å². The van der Waals surface area contributed by atoms with Gasteiger partial charge in [0, 0.05) is 17.4 Å². The molecule has 0 saturated heterocycles. The van der Waals surface area contributed by atoms with E-state index < -0.39 is 0 Å². The Kier molecular flexibility index (Phi) is 3.06. The Morgan fingerprint density at radius 2 is 1.12 bits per heavy atom. The van der Waals surface area contributed by atoms with E-state index in [9.17, 15) is 0 Å². The lowest BCUT2D eigenvalue weighted by Gasteiger charge is -2.42. The molecule has 3 aromatic rings. The molecule has 3 N–H and O–H groups in total. The molecule has 130 valence electrons. The Labute approximate surface area is 155 Å². The summed E-state index contributed by atoms with van der Waals surface area (Å²) >= 11 is 0. The van der Waals surface area contributed by atoms with Crippen molar-refractivity contribution in [1.82, 2.24) is 0 Å². The van der Waals surface area contributed by atoms with Gasteiger partial charge in [0.05, 0.1) is 11.4 Å². The molecule has 3 aliphatic rings. The Balaban J connectivity index is 1.77. The fraction of sp³-hybridized carbons (Fsp3) is 0.250. The van der Waals surface area contributed by atoms with Gasteiger partial charge in [0.15, 0.2) is 0 Å². The summed E-state index contributed by atoms with van der Waals surface area (Å²) in [6, 6.07) is 22.3. The van der Waals surface area contributed by atoms with Crippen LogP contribution in [0.1, 0.15) is 66.0 Å². The van der Waals surface area contributed by atoms with E-state index in [-0.39, 0.29) is 11.5 Å². The number of nitrogens with two attached hydrogens (primary N) is 1. The van der Waals surface area contributed by atoms with Crippen molar-refractivity contribution in [2.24, 2.45) is 0 Å². The highest BCUT2D eigenvalue weighted by molar-refractivity contribution is 5.76. The van der Waals surface area contributed by atoms with Crippen molar-refractivity contribution in [3.63, 3.8) is 0 Å². The maximum Gasteiger partial charge on any atom is 0.0581 e. The number of hydrogen-bond donors (Lipinski definition) is 2. The Hall–Kier alpha value is -2.74. The van der Waals surface area contributed by atoms with Gasteiger partial charge in [-0.25, -0.2) is 0 Å². The predicted octanol–water partition coefficient (Wildman–Crippen LogP) is 5.47. The van der Waals surface area contributed by atoms with E-state index in [1.807, 2.05) is 0 Å². The van der Waals surface area contributed by atoms with Crippen LogP contribution in [0.25, 0.3) is 0 Å². The largest absolute Gasteiger partial charge is 0.397 e. The summed E-state index contributed by atoms with van der Waals surface area (Å²) in [5, 5.41) is 3.58. The lowest BCUT2D eigenvalue weighted by atomic mass is 9.61. The van der Waals surface area contributed by atoms with Gasteiger partial charge in [-0.05, 0) is 66.3 Å². The Morgan fingerprint density at radius 3 is 1.54 bits per heavy atom. The molecule has 26 heavy (non-hydrogen) atoms. The second-order valence-corrected chi connectivity index (χ2v) is 8.57. The third-order valence-corrected chi connectivity index (χ3v) is 5.62. The zero-order valence-electron chi connectivity index (χ0n) is 15.5. The number of nitrogens with one attached hydrogen (secondary N) is 1. The molecule has 0 amide bonds. The fourth-order valence-corrected chi connectivity index (χ4v) is 4.74. The molecule has 6 rings (SSSR count). The summed E-state index contributed by atoms with van der Waals surface area (Å²) in [6.07, 6.45) is 0. The summed E-state index contributed by atoms with van der Waals surface area (Å²) in [5.41, 5.74) is 16.8. The van der Waals surface area contributed by atoms with Crippen LogP contribution in [0.15, 0.2) is 60.7 Å². The van der Waals surface area contributed by atoms with Crippen LogP contribution in [0.5, 0.6) is 0 Å². The molecule has 0 aliphatic heterocycles. The minimum Gasteiger partial charge on any atom is -0.397 e.